The van der Waals surface area contributed by atoms with Crippen LogP contribution in [0.25, 0.3) is 0 Å². The van der Waals surface area contributed by atoms with E-state index in [1.54, 1.807) is 18.5 Å². The summed E-state index contributed by atoms with van der Waals surface area (Å²) in [6.07, 6.45) is 3.27. The van der Waals surface area contributed by atoms with Crippen LogP contribution in [-0.2, 0) is 23.6 Å². The van der Waals surface area contributed by atoms with Crippen LogP contribution in [0.5, 0.6) is 0 Å². The summed E-state index contributed by atoms with van der Waals surface area (Å²) in [4.78, 5) is 3.96. The number of hydrogen-bond donors (Lipinski definition) is 0. The van der Waals surface area contributed by atoms with Crippen molar-refractivity contribution in [1.29, 1.82) is 0 Å². The molecule has 0 aromatic carbocycles. The molecular weight excluding hydrogens is 334 g/mol. The first-order chi connectivity index (χ1) is 8.93. The SMILES string of the molecule is CN(Cc1cccnc1)S(=O)(=O)c1c(Br)nnn1C. The molecular formula is C10H12BrN5O2S. The second kappa shape index (κ2) is 5.35. The smallest absolute Gasteiger partial charge is 0.263 e. The van der Waals surface area contributed by atoms with Crippen molar-refractivity contribution in [1.82, 2.24) is 24.3 Å². The molecule has 2 aromatic rings. The monoisotopic (exact) mass is 345 g/mol. The highest BCUT2D eigenvalue weighted by molar-refractivity contribution is 9.10. The molecule has 19 heavy (non-hydrogen) atoms. The molecule has 0 unspecified atom stereocenters. The highest BCUT2D eigenvalue weighted by atomic mass is 79.9. The molecule has 0 radical (unpaired) electrons. The summed E-state index contributed by atoms with van der Waals surface area (Å²) in [5.74, 6) is 0. The van der Waals surface area contributed by atoms with E-state index in [2.05, 4.69) is 31.2 Å². The number of rotatable bonds is 4. The van der Waals surface area contributed by atoms with Crippen molar-refractivity contribution in [2.24, 2.45) is 7.05 Å². The maximum atomic E-state index is 12.4. The summed E-state index contributed by atoms with van der Waals surface area (Å²) in [5.41, 5.74) is 0.805. The van der Waals surface area contributed by atoms with Crippen LogP contribution in [0.1, 0.15) is 5.56 Å². The Morgan fingerprint density at radius 1 is 1.47 bits per heavy atom. The van der Waals surface area contributed by atoms with Crippen LogP contribution in [0.2, 0.25) is 0 Å². The lowest BCUT2D eigenvalue weighted by Gasteiger charge is -2.16. The summed E-state index contributed by atoms with van der Waals surface area (Å²) in [6, 6.07) is 3.58. The lowest BCUT2D eigenvalue weighted by molar-refractivity contribution is 0.456. The van der Waals surface area contributed by atoms with Gasteiger partial charge in [0, 0.05) is 33.0 Å². The third kappa shape index (κ3) is 2.82. The van der Waals surface area contributed by atoms with Gasteiger partial charge in [0.2, 0.25) is 5.03 Å². The van der Waals surface area contributed by atoms with Gasteiger partial charge in [-0.15, -0.1) is 5.10 Å². The van der Waals surface area contributed by atoms with Crippen LogP contribution in [0, 0.1) is 0 Å². The van der Waals surface area contributed by atoms with Gasteiger partial charge in [0.1, 0.15) is 0 Å². The number of halogens is 1. The third-order valence-electron chi connectivity index (χ3n) is 2.52. The molecule has 0 fully saturated rings. The zero-order chi connectivity index (χ0) is 14.0. The lowest BCUT2D eigenvalue weighted by Crippen LogP contribution is -2.28. The standard InChI is InChI=1S/C10H12BrN5O2S/c1-15(7-8-4-3-5-12-6-8)19(17,18)10-9(11)13-14-16(10)2/h3-6H,7H2,1-2H3. The Balaban J connectivity index is 2.30. The minimum absolute atomic E-state index is 0.0268. The van der Waals surface area contributed by atoms with E-state index >= 15 is 0 Å². The normalized spacial score (nSPS) is 12.0. The zero-order valence-electron chi connectivity index (χ0n) is 10.4. The summed E-state index contributed by atoms with van der Waals surface area (Å²) in [7, 11) is -0.626. The van der Waals surface area contributed by atoms with E-state index in [1.165, 1.54) is 23.1 Å². The molecule has 0 saturated carbocycles. The van der Waals surface area contributed by atoms with Crippen LogP contribution in [-0.4, -0.2) is 39.7 Å². The predicted molar refractivity (Wildman–Crippen MR) is 71.6 cm³/mol. The van der Waals surface area contributed by atoms with E-state index < -0.39 is 10.0 Å². The molecule has 2 rings (SSSR count). The van der Waals surface area contributed by atoms with Gasteiger partial charge in [-0.2, -0.15) is 4.31 Å². The average Bonchev–Trinajstić information content (AvgIpc) is 2.70. The van der Waals surface area contributed by atoms with Gasteiger partial charge in [-0.25, -0.2) is 13.1 Å². The number of nitrogens with zero attached hydrogens (tertiary/aromatic N) is 5. The first-order valence-corrected chi connectivity index (χ1v) is 7.56. The highest BCUT2D eigenvalue weighted by Crippen LogP contribution is 2.22. The Kier molecular flexibility index (Phi) is 3.97. The van der Waals surface area contributed by atoms with Crippen LogP contribution >= 0.6 is 15.9 Å². The number of sulfonamides is 1. The largest absolute Gasteiger partial charge is 0.264 e. The van der Waals surface area contributed by atoms with E-state index in [0.717, 1.165) is 5.56 Å². The Morgan fingerprint density at radius 2 is 2.21 bits per heavy atom. The van der Waals surface area contributed by atoms with Gasteiger partial charge in [-0.05, 0) is 27.6 Å². The molecule has 0 aliphatic carbocycles. The quantitative estimate of drug-likeness (QED) is 0.818. The van der Waals surface area contributed by atoms with Crippen molar-refractivity contribution in [2.45, 2.75) is 11.6 Å². The fraction of sp³-hybridized carbons (Fsp3) is 0.300. The first-order valence-electron chi connectivity index (χ1n) is 5.33. The van der Waals surface area contributed by atoms with E-state index in [1.807, 2.05) is 6.07 Å². The molecule has 2 heterocycles. The molecule has 0 atom stereocenters. The van der Waals surface area contributed by atoms with E-state index in [4.69, 9.17) is 0 Å². The Bertz CT molecular complexity index is 651. The van der Waals surface area contributed by atoms with Crippen LogP contribution in [0.4, 0.5) is 0 Å². The zero-order valence-corrected chi connectivity index (χ0v) is 12.8. The van der Waals surface area contributed by atoms with Gasteiger partial charge in [-0.3, -0.25) is 4.98 Å². The maximum absolute atomic E-state index is 12.4. The lowest BCUT2D eigenvalue weighted by atomic mass is 10.3. The first kappa shape index (κ1) is 14.1. The second-order valence-electron chi connectivity index (χ2n) is 3.93. The predicted octanol–water partition coefficient (Wildman–Crippen LogP) is 0.793. The number of pyridine rings is 1. The third-order valence-corrected chi connectivity index (χ3v) is 5.21. The number of hydrogen-bond acceptors (Lipinski definition) is 5. The minimum atomic E-state index is -3.66. The van der Waals surface area contributed by atoms with Crippen LogP contribution in [0.3, 0.4) is 0 Å². The Morgan fingerprint density at radius 3 is 2.74 bits per heavy atom. The Labute approximate surface area is 119 Å². The van der Waals surface area contributed by atoms with Crippen molar-refractivity contribution >= 4 is 26.0 Å². The summed E-state index contributed by atoms with van der Waals surface area (Å²) in [6.45, 7) is 0.230. The summed E-state index contributed by atoms with van der Waals surface area (Å²) >= 11 is 3.09. The van der Waals surface area contributed by atoms with Crippen LogP contribution < -0.4 is 0 Å². The highest BCUT2D eigenvalue weighted by Gasteiger charge is 2.28. The van der Waals surface area contributed by atoms with Gasteiger partial charge in [0.15, 0.2) is 4.60 Å². The van der Waals surface area contributed by atoms with Crippen LogP contribution in [0.15, 0.2) is 34.2 Å². The molecule has 0 aliphatic heterocycles. The van der Waals surface area contributed by atoms with Crippen molar-refractivity contribution in [2.75, 3.05) is 7.05 Å². The molecule has 9 heteroatoms. The van der Waals surface area contributed by atoms with E-state index in [9.17, 15) is 8.42 Å². The molecule has 0 aliphatic rings. The molecule has 102 valence electrons. The second-order valence-corrected chi connectivity index (χ2v) is 6.64. The molecule has 0 saturated heterocycles. The fourth-order valence-corrected chi connectivity index (χ4v) is 3.76. The van der Waals surface area contributed by atoms with Crippen molar-refractivity contribution in [3.63, 3.8) is 0 Å². The van der Waals surface area contributed by atoms with Crippen molar-refractivity contribution < 1.29 is 8.42 Å². The summed E-state index contributed by atoms with van der Waals surface area (Å²) in [5, 5.41) is 7.38. The number of aromatic nitrogens is 4. The Hall–Kier alpha value is -1.32. The molecule has 0 N–H and O–H groups in total. The van der Waals surface area contributed by atoms with Crippen molar-refractivity contribution in [3.05, 3.63) is 34.7 Å². The van der Waals surface area contributed by atoms with Gasteiger partial charge in [-0.1, -0.05) is 11.3 Å². The number of aryl methyl sites for hydroxylation is 1. The van der Waals surface area contributed by atoms with E-state index in [-0.39, 0.29) is 16.2 Å². The average molecular weight is 346 g/mol. The minimum Gasteiger partial charge on any atom is -0.264 e. The van der Waals surface area contributed by atoms with Crippen molar-refractivity contribution in [3.8, 4) is 0 Å². The van der Waals surface area contributed by atoms with E-state index in [0.29, 0.717) is 0 Å². The molecule has 0 bridgehead atoms. The maximum Gasteiger partial charge on any atom is 0.263 e. The van der Waals surface area contributed by atoms with Gasteiger partial charge >= 0.3 is 0 Å². The molecule has 0 spiro atoms. The topological polar surface area (TPSA) is 81.0 Å². The van der Waals surface area contributed by atoms with Gasteiger partial charge in [0.25, 0.3) is 10.0 Å². The fourth-order valence-electron chi connectivity index (χ4n) is 1.58. The molecule has 0 amide bonds. The molecule has 7 nitrogen and oxygen atoms in total. The van der Waals surface area contributed by atoms with Gasteiger partial charge in [0.05, 0.1) is 0 Å². The van der Waals surface area contributed by atoms with Gasteiger partial charge < -0.3 is 0 Å². The molecule has 2 aromatic heterocycles. The summed E-state index contributed by atoms with van der Waals surface area (Å²) < 4.78 is 27.5.